The lowest BCUT2D eigenvalue weighted by Crippen LogP contribution is -2.39. The Hall–Kier alpha value is -2.82. The highest BCUT2D eigenvalue weighted by molar-refractivity contribution is 5.83. The van der Waals surface area contributed by atoms with Gasteiger partial charge >= 0.3 is 0 Å². The molecule has 0 radical (unpaired) electrons. The number of nitrogens with one attached hydrogen (secondary N) is 1. The number of nitrogens with zero attached hydrogens (tertiary/aromatic N) is 1. The molecule has 126 valence electrons. The van der Waals surface area contributed by atoms with Crippen LogP contribution in [0.3, 0.4) is 0 Å². The van der Waals surface area contributed by atoms with E-state index in [1.807, 2.05) is 54.6 Å². The topological polar surface area (TPSA) is 58.6 Å². The Bertz CT molecular complexity index is 686. The summed E-state index contributed by atoms with van der Waals surface area (Å²) in [5.41, 5.74) is 1.89. The number of para-hydroxylation sites is 1. The first kappa shape index (κ1) is 17.5. The fourth-order valence-electron chi connectivity index (χ4n) is 2.35. The molecule has 0 spiro atoms. The van der Waals surface area contributed by atoms with Gasteiger partial charge in [-0.15, -0.1) is 0 Å². The number of rotatable bonds is 7. The number of hydrogen-bond donors (Lipinski definition) is 1. The molecule has 0 aromatic heterocycles. The molecule has 0 aliphatic rings. The zero-order valence-electron chi connectivity index (χ0n) is 14.0. The predicted molar refractivity (Wildman–Crippen MR) is 92.4 cm³/mol. The second-order valence-electron chi connectivity index (χ2n) is 5.45. The normalized spacial score (nSPS) is 10.1. The third-order valence-corrected chi connectivity index (χ3v) is 3.66. The smallest absolute Gasteiger partial charge is 0.239 e. The minimum absolute atomic E-state index is 0.0272. The van der Waals surface area contributed by atoms with Crippen molar-refractivity contribution in [2.24, 2.45) is 0 Å². The lowest BCUT2D eigenvalue weighted by Gasteiger charge is -2.21. The molecule has 1 N–H and O–H groups in total. The van der Waals surface area contributed by atoms with E-state index in [0.29, 0.717) is 13.1 Å². The zero-order chi connectivity index (χ0) is 17.4. The maximum absolute atomic E-state index is 12.2. The minimum atomic E-state index is -0.202. The Morgan fingerprint density at radius 3 is 2.38 bits per heavy atom. The molecule has 0 fully saturated rings. The number of hydrogen-bond acceptors (Lipinski definition) is 3. The summed E-state index contributed by atoms with van der Waals surface area (Å²) in [6.07, 6.45) is 0. The summed E-state index contributed by atoms with van der Waals surface area (Å²) in [7, 11) is 1.60. The molecule has 24 heavy (non-hydrogen) atoms. The molecule has 2 aromatic rings. The SMILES string of the molecule is COc1ccccc1CNC(=O)CN(Cc1ccccc1)C(C)=O. The summed E-state index contributed by atoms with van der Waals surface area (Å²) in [6.45, 7) is 2.27. The highest BCUT2D eigenvalue weighted by Crippen LogP contribution is 2.16. The van der Waals surface area contributed by atoms with Crippen LogP contribution in [-0.2, 0) is 22.7 Å². The van der Waals surface area contributed by atoms with E-state index in [2.05, 4.69) is 5.32 Å². The molecule has 0 saturated carbocycles. The van der Waals surface area contributed by atoms with Gasteiger partial charge < -0.3 is 15.0 Å². The summed E-state index contributed by atoms with van der Waals surface area (Å²) >= 11 is 0. The van der Waals surface area contributed by atoms with Crippen LogP contribution < -0.4 is 10.1 Å². The number of ether oxygens (including phenoxy) is 1. The van der Waals surface area contributed by atoms with E-state index < -0.39 is 0 Å². The number of benzene rings is 2. The molecule has 0 aliphatic carbocycles. The van der Waals surface area contributed by atoms with E-state index in [9.17, 15) is 9.59 Å². The van der Waals surface area contributed by atoms with Crippen LogP contribution in [-0.4, -0.2) is 30.4 Å². The van der Waals surface area contributed by atoms with Crippen LogP contribution in [0.1, 0.15) is 18.1 Å². The van der Waals surface area contributed by atoms with Crippen molar-refractivity contribution >= 4 is 11.8 Å². The van der Waals surface area contributed by atoms with Gasteiger partial charge in [0, 0.05) is 25.6 Å². The number of methoxy groups -OCH3 is 1. The Morgan fingerprint density at radius 1 is 1.04 bits per heavy atom. The Kier molecular flexibility index (Phi) is 6.37. The van der Waals surface area contributed by atoms with E-state index in [-0.39, 0.29) is 18.4 Å². The molecule has 0 unspecified atom stereocenters. The van der Waals surface area contributed by atoms with E-state index in [4.69, 9.17) is 4.74 Å². The van der Waals surface area contributed by atoms with Gasteiger partial charge in [0.05, 0.1) is 13.7 Å². The summed E-state index contributed by atoms with van der Waals surface area (Å²) in [6, 6.07) is 17.1. The van der Waals surface area contributed by atoms with Crippen LogP contribution in [0.15, 0.2) is 54.6 Å². The lowest BCUT2D eigenvalue weighted by molar-refractivity contribution is -0.135. The molecule has 0 heterocycles. The van der Waals surface area contributed by atoms with Crippen LogP contribution in [0.25, 0.3) is 0 Å². The van der Waals surface area contributed by atoms with Gasteiger partial charge in [0.1, 0.15) is 5.75 Å². The van der Waals surface area contributed by atoms with Crippen molar-refractivity contribution in [1.29, 1.82) is 0 Å². The van der Waals surface area contributed by atoms with Crippen LogP contribution in [0.2, 0.25) is 0 Å². The molecule has 2 aromatic carbocycles. The third kappa shape index (κ3) is 5.12. The second kappa shape index (κ2) is 8.72. The van der Waals surface area contributed by atoms with Crippen LogP contribution in [0, 0.1) is 0 Å². The highest BCUT2D eigenvalue weighted by atomic mass is 16.5. The Labute approximate surface area is 142 Å². The van der Waals surface area contributed by atoms with Crippen LogP contribution in [0.4, 0.5) is 0 Å². The van der Waals surface area contributed by atoms with Crippen molar-refractivity contribution in [3.63, 3.8) is 0 Å². The van der Waals surface area contributed by atoms with Crippen molar-refractivity contribution in [2.45, 2.75) is 20.0 Å². The third-order valence-electron chi connectivity index (χ3n) is 3.66. The molecule has 0 atom stereocenters. The number of carbonyl (C=O) groups excluding carboxylic acids is 2. The van der Waals surface area contributed by atoms with Crippen molar-refractivity contribution in [3.05, 3.63) is 65.7 Å². The summed E-state index contributed by atoms with van der Waals surface area (Å²) < 4.78 is 5.26. The summed E-state index contributed by atoms with van der Waals surface area (Å²) in [5, 5.41) is 2.83. The van der Waals surface area contributed by atoms with E-state index in [0.717, 1.165) is 16.9 Å². The lowest BCUT2D eigenvalue weighted by atomic mass is 10.2. The number of amides is 2. The van der Waals surface area contributed by atoms with Crippen molar-refractivity contribution in [1.82, 2.24) is 10.2 Å². The molecule has 2 rings (SSSR count). The Morgan fingerprint density at radius 2 is 1.71 bits per heavy atom. The molecule has 0 bridgehead atoms. The van der Waals surface area contributed by atoms with Gasteiger partial charge in [-0.1, -0.05) is 48.5 Å². The highest BCUT2D eigenvalue weighted by Gasteiger charge is 2.14. The fraction of sp³-hybridized carbons (Fsp3) is 0.263. The van der Waals surface area contributed by atoms with Crippen molar-refractivity contribution < 1.29 is 14.3 Å². The van der Waals surface area contributed by atoms with Crippen LogP contribution in [0.5, 0.6) is 5.75 Å². The van der Waals surface area contributed by atoms with E-state index in [1.165, 1.54) is 11.8 Å². The minimum Gasteiger partial charge on any atom is -0.496 e. The van der Waals surface area contributed by atoms with Gasteiger partial charge in [-0.25, -0.2) is 0 Å². The summed E-state index contributed by atoms with van der Waals surface area (Å²) in [5.74, 6) is 0.392. The zero-order valence-corrected chi connectivity index (χ0v) is 14.0. The standard InChI is InChI=1S/C19H22N2O3/c1-15(22)21(13-16-8-4-3-5-9-16)14-19(23)20-12-17-10-6-7-11-18(17)24-2/h3-11H,12-14H2,1-2H3,(H,20,23). The van der Waals surface area contributed by atoms with E-state index >= 15 is 0 Å². The molecule has 5 nitrogen and oxygen atoms in total. The molecule has 5 heteroatoms. The maximum Gasteiger partial charge on any atom is 0.239 e. The average molecular weight is 326 g/mol. The molecule has 0 saturated heterocycles. The fourth-order valence-corrected chi connectivity index (χ4v) is 2.35. The van der Waals surface area contributed by atoms with Gasteiger partial charge in [-0.2, -0.15) is 0 Å². The number of carbonyl (C=O) groups is 2. The van der Waals surface area contributed by atoms with Crippen LogP contribution >= 0.6 is 0 Å². The van der Waals surface area contributed by atoms with Gasteiger partial charge in [0.25, 0.3) is 0 Å². The van der Waals surface area contributed by atoms with Gasteiger partial charge in [-0.05, 0) is 11.6 Å². The van der Waals surface area contributed by atoms with Crippen molar-refractivity contribution in [2.75, 3.05) is 13.7 Å². The first-order valence-electron chi connectivity index (χ1n) is 7.78. The largest absolute Gasteiger partial charge is 0.496 e. The first-order valence-corrected chi connectivity index (χ1v) is 7.78. The van der Waals surface area contributed by atoms with Gasteiger partial charge in [0.15, 0.2) is 0 Å². The quantitative estimate of drug-likeness (QED) is 0.850. The first-order chi connectivity index (χ1) is 11.6. The van der Waals surface area contributed by atoms with Crippen molar-refractivity contribution in [3.8, 4) is 5.75 Å². The molecule has 2 amide bonds. The van der Waals surface area contributed by atoms with E-state index in [1.54, 1.807) is 7.11 Å². The second-order valence-corrected chi connectivity index (χ2v) is 5.45. The average Bonchev–Trinajstić information content (AvgIpc) is 2.60. The van der Waals surface area contributed by atoms with Gasteiger partial charge in [-0.3, -0.25) is 9.59 Å². The maximum atomic E-state index is 12.2. The monoisotopic (exact) mass is 326 g/mol. The molecular weight excluding hydrogens is 304 g/mol. The summed E-state index contributed by atoms with van der Waals surface area (Å²) in [4.78, 5) is 25.5. The molecular formula is C19H22N2O3. The molecule has 0 aliphatic heterocycles. The predicted octanol–water partition coefficient (Wildman–Crippen LogP) is 2.36. The van der Waals surface area contributed by atoms with Gasteiger partial charge in [0.2, 0.25) is 11.8 Å². The Balaban J connectivity index is 1.92.